The summed E-state index contributed by atoms with van der Waals surface area (Å²) in [6.07, 6.45) is 0. The lowest BCUT2D eigenvalue weighted by Gasteiger charge is -2.31. The Morgan fingerprint density at radius 1 is 0.388 bits per heavy atom. The normalized spacial score (nSPS) is 13.5. The molecule has 9 aromatic rings. The molecule has 0 saturated heterocycles. The van der Waals surface area contributed by atoms with Crippen LogP contribution in [0.1, 0.15) is 21.6 Å². The molecule has 0 unspecified atom stereocenters. The highest BCUT2D eigenvalue weighted by Gasteiger charge is 2.53. The Labute approximate surface area is 289 Å². The SMILES string of the molecule is c1ccc2c(c1)-c1ccccc1C21c2cc(N(c3ccc4ccccc4c3)c3ccc4ccccc4c3)ccc2-c2c1sc1ccccc21. The van der Waals surface area contributed by atoms with Crippen molar-refractivity contribution in [1.29, 1.82) is 0 Å². The Hall–Kier alpha value is -5.96. The van der Waals surface area contributed by atoms with E-state index >= 15 is 0 Å². The van der Waals surface area contributed by atoms with Gasteiger partial charge in [-0.05, 0) is 97.4 Å². The summed E-state index contributed by atoms with van der Waals surface area (Å²) in [5.41, 5.74) is 12.6. The van der Waals surface area contributed by atoms with Crippen LogP contribution in [0.5, 0.6) is 0 Å². The summed E-state index contributed by atoms with van der Waals surface area (Å²) in [7, 11) is 0. The van der Waals surface area contributed by atoms with Gasteiger partial charge in [0.2, 0.25) is 0 Å². The molecule has 8 aromatic carbocycles. The molecule has 1 aromatic heterocycles. The van der Waals surface area contributed by atoms with Crippen LogP contribution < -0.4 is 4.90 Å². The van der Waals surface area contributed by atoms with Crippen LogP contribution in [-0.4, -0.2) is 0 Å². The Kier molecular flexibility index (Phi) is 5.53. The summed E-state index contributed by atoms with van der Waals surface area (Å²) in [4.78, 5) is 3.88. The fraction of sp³-hybridized carbons (Fsp3) is 0.0213. The third-order valence-corrected chi connectivity index (χ3v) is 12.1. The lowest BCUT2D eigenvalue weighted by Crippen LogP contribution is -2.25. The molecule has 1 nitrogen and oxygen atoms in total. The third-order valence-electron chi connectivity index (χ3n) is 10.8. The van der Waals surface area contributed by atoms with Gasteiger partial charge >= 0.3 is 0 Å². The molecule has 49 heavy (non-hydrogen) atoms. The highest BCUT2D eigenvalue weighted by atomic mass is 32.1. The van der Waals surface area contributed by atoms with Gasteiger partial charge in [0.05, 0.1) is 5.41 Å². The third kappa shape index (κ3) is 3.64. The zero-order valence-electron chi connectivity index (χ0n) is 26.6. The van der Waals surface area contributed by atoms with Crippen LogP contribution in [0.2, 0.25) is 0 Å². The van der Waals surface area contributed by atoms with E-state index in [0.29, 0.717) is 0 Å². The van der Waals surface area contributed by atoms with E-state index in [2.05, 4.69) is 181 Å². The minimum absolute atomic E-state index is 0.393. The van der Waals surface area contributed by atoms with Crippen LogP contribution in [-0.2, 0) is 5.41 Å². The second-order valence-electron chi connectivity index (χ2n) is 13.3. The van der Waals surface area contributed by atoms with Crippen molar-refractivity contribution in [1.82, 2.24) is 0 Å². The summed E-state index contributed by atoms with van der Waals surface area (Å²) < 4.78 is 1.34. The van der Waals surface area contributed by atoms with E-state index in [-0.39, 0.29) is 0 Å². The van der Waals surface area contributed by atoms with E-state index in [1.807, 2.05) is 11.3 Å². The van der Waals surface area contributed by atoms with E-state index in [0.717, 1.165) is 17.1 Å². The molecule has 0 aliphatic heterocycles. The number of benzene rings is 8. The fourth-order valence-corrected chi connectivity index (χ4v) is 10.2. The van der Waals surface area contributed by atoms with E-state index in [4.69, 9.17) is 0 Å². The second kappa shape index (κ2) is 10.0. The zero-order chi connectivity index (χ0) is 32.1. The molecule has 0 radical (unpaired) electrons. The quantitative estimate of drug-likeness (QED) is 0.186. The standard InChI is InChI=1S/C47H29NS/c1-3-13-32-27-34(23-21-30(32)11-1)48(35-24-22-31-12-2-4-14-33(31)28-35)36-25-26-39-43(29-36)47(46-45(39)40-17-7-10-20-44(40)49-46)41-18-8-5-15-37(41)38-16-6-9-19-42(38)47/h1-29H. The molecule has 2 aliphatic carbocycles. The summed E-state index contributed by atoms with van der Waals surface area (Å²) in [6.45, 7) is 0. The molecule has 2 heteroatoms. The lowest BCUT2D eigenvalue weighted by molar-refractivity contribution is 0.811. The minimum atomic E-state index is -0.393. The summed E-state index contributed by atoms with van der Waals surface area (Å²) >= 11 is 1.96. The van der Waals surface area contributed by atoms with Crippen LogP contribution in [0.15, 0.2) is 176 Å². The summed E-state index contributed by atoms with van der Waals surface area (Å²) in [5.74, 6) is 0. The maximum atomic E-state index is 2.50. The van der Waals surface area contributed by atoms with Gasteiger partial charge in [0.1, 0.15) is 0 Å². The molecule has 0 amide bonds. The first-order valence-corrected chi connectivity index (χ1v) is 17.7. The molecule has 228 valence electrons. The average molecular weight is 640 g/mol. The molecule has 0 fully saturated rings. The number of fused-ring (bicyclic) bond motifs is 14. The predicted octanol–water partition coefficient (Wildman–Crippen LogP) is 13.0. The molecule has 0 N–H and O–H groups in total. The Bertz CT molecular complexity index is 2680. The molecule has 11 rings (SSSR count). The van der Waals surface area contributed by atoms with Gasteiger partial charge in [0.15, 0.2) is 0 Å². The predicted molar refractivity (Wildman–Crippen MR) is 208 cm³/mol. The van der Waals surface area contributed by atoms with E-state index in [9.17, 15) is 0 Å². The van der Waals surface area contributed by atoms with Crippen molar-refractivity contribution in [2.45, 2.75) is 5.41 Å². The Morgan fingerprint density at radius 3 is 1.55 bits per heavy atom. The van der Waals surface area contributed by atoms with Gasteiger partial charge in [-0.3, -0.25) is 0 Å². The van der Waals surface area contributed by atoms with Crippen LogP contribution in [0.25, 0.3) is 53.9 Å². The van der Waals surface area contributed by atoms with Crippen molar-refractivity contribution in [2.75, 3.05) is 4.90 Å². The first kappa shape index (κ1) is 27.0. The summed E-state index contributed by atoms with van der Waals surface area (Å²) in [6, 6.07) is 65.4. The molecule has 1 heterocycles. The van der Waals surface area contributed by atoms with Gasteiger partial charge < -0.3 is 4.90 Å². The van der Waals surface area contributed by atoms with Crippen LogP contribution in [0.3, 0.4) is 0 Å². The van der Waals surface area contributed by atoms with Gasteiger partial charge in [-0.15, -0.1) is 11.3 Å². The van der Waals surface area contributed by atoms with E-state index in [1.165, 1.54) is 75.5 Å². The van der Waals surface area contributed by atoms with Crippen LogP contribution >= 0.6 is 11.3 Å². The van der Waals surface area contributed by atoms with E-state index < -0.39 is 5.41 Å². The fourth-order valence-electron chi connectivity index (χ4n) is 8.75. The smallest absolute Gasteiger partial charge is 0.0820 e. The summed E-state index contributed by atoms with van der Waals surface area (Å²) in [5, 5.41) is 6.30. The lowest BCUT2D eigenvalue weighted by atomic mass is 9.73. The Morgan fingerprint density at radius 2 is 0.898 bits per heavy atom. The topological polar surface area (TPSA) is 3.24 Å². The largest absolute Gasteiger partial charge is 0.310 e. The zero-order valence-corrected chi connectivity index (χ0v) is 27.4. The first-order valence-electron chi connectivity index (χ1n) is 16.9. The van der Waals surface area contributed by atoms with Crippen molar-refractivity contribution in [3.05, 3.63) is 197 Å². The van der Waals surface area contributed by atoms with E-state index in [1.54, 1.807) is 0 Å². The average Bonchev–Trinajstić information content (AvgIpc) is 3.78. The molecule has 0 saturated carbocycles. The van der Waals surface area contributed by atoms with Gasteiger partial charge in [-0.25, -0.2) is 0 Å². The van der Waals surface area contributed by atoms with Crippen molar-refractivity contribution in [3.63, 3.8) is 0 Å². The van der Waals surface area contributed by atoms with Crippen LogP contribution in [0.4, 0.5) is 17.1 Å². The van der Waals surface area contributed by atoms with Crippen LogP contribution in [0, 0.1) is 0 Å². The van der Waals surface area contributed by atoms with Gasteiger partial charge in [-0.2, -0.15) is 0 Å². The van der Waals surface area contributed by atoms with Crippen molar-refractivity contribution >= 4 is 60.0 Å². The molecular weight excluding hydrogens is 611 g/mol. The Balaban J connectivity index is 1.23. The molecule has 1 spiro atoms. The maximum Gasteiger partial charge on any atom is 0.0820 e. The number of hydrogen-bond acceptors (Lipinski definition) is 2. The van der Waals surface area contributed by atoms with Crippen molar-refractivity contribution in [3.8, 4) is 22.3 Å². The minimum Gasteiger partial charge on any atom is -0.310 e. The number of thiophene rings is 1. The highest BCUT2D eigenvalue weighted by Crippen LogP contribution is 2.66. The first-order chi connectivity index (χ1) is 24.3. The second-order valence-corrected chi connectivity index (χ2v) is 14.3. The van der Waals surface area contributed by atoms with Crippen molar-refractivity contribution in [2.24, 2.45) is 0 Å². The van der Waals surface area contributed by atoms with Crippen molar-refractivity contribution < 1.29 is 0 Å². The highest BCUT2D eigenvalue weighted by molar-refractivity contribution is 7.20. The number of rotatable bonds is 3. The van der Waals surface area contributed by atoms with Gasteiger partial charge in [0, 0.05) is 37.6 Å². The monoisotopic (exact) mass is 639 g/mol. The number of nitrogens with zero attached hydrogens (tertiary/aromatic N) is 1. The number of hydrogen-bond donors (Lipinski definition) is 0. The molecule has 2 aliphatic rings. The van der Waals surface area contributed by atoms with Gasteiger partial charge in [0.25, 0.3) is 0 Å². The molecule has 0 atom stereocenters. The maximum absolute atomic E-state index is 2.50. The molecular formula is C47H29NS. The molecule has 0 bridgehead atoms. The number of anilines is 3. The van der Waals surface area contributed by atoms with Gasteiger partial charge in [-0.1, -0.05) is 133 Å².